The first-order valence-electron chi connectivity index (χ1n) is 4.45. The third kappa shape index (κ3) is 1.57. The molecular weight excluding hydrogens is 216 g/mol. The molecule has 0 aliphatic heterocycles. The van der Waals surface area contributed by atoms with Crippen LogP contribution in [0, 0.1) is 0 Å². The van der Waals surface area contributed by atoms with Crippen molar-refractivity contribution in [2.45, 2.75) is 13.0 Å². The van der Waals surface area contributed by atoms with Gasteiger partial charge in [-0.15, -0.1) is 0 Å². The number of hydrogen-bond acceptors (Lipinski definition) is 2. The number of aliphatic carboxylic acids is 1. The summed E-state index contributed by atoms with van der Waals surface area (Å²) in [6.45, 7) is 1.62. The van der Waals surface area contributed by atoms with Gasteiger partial charge >= 0.3 is 5.97 Å². The number of carboxylic acid groups (broad SMARTS) is 1. The van der Waals surface area contributed by atoms with Gasteiger partial charge in [-0.1, -0.05) is 11.6 Å². The van der Waals surface area contributed by atoms with Crippen molar-refractivity contribution < 1.29 is 9.90 Å². The summed E-state index contributed by atoms with van der Waals surface area (Å²) in [6.07, 6.45) is 3.27. The fourth-order valence-electron chi connectivity index (χ4n) is 1.51. The first-order chi connectivity index (χ1) is 7.11. The van der Waals surface area contributed by atoms with Crippen LogP contribution in [0.15, 0.2) is 24.5 Å². The fraction of sp³-hybridized carbons (Fsp3) is 0.200. The van der Waals surface area contributed by atoms with Crippen molar-refractivity contribution in [1.29, 1.82) is 0 Å². The van der Waals surface area contributed by atoms with Crippen molar-refractivity contribution in [3.8, 4) is 0 Å². The van der Waals surface area contributed by atoms with E-state index in [4.69, 9.17) is 16.7 Å². The molecule has 15 heavy (non-hydrogen) atoms. The van der Waals surface area contributed by atoms with Crippen LogP contribution in [0.2, 0.25) is 5.15 Å². The monoisotopic (exact) mass is 224 g/mol. The molecule has 0 amide bonds. The van der Waals surface area contributed by atoms with Gasteiger partial charge in [0.15, 0.2) is 0 Å². The fourth-order valence-corrected chi connectivity index (χ4v) is 1.73. The van der Waals surface area contributed by atoms with Gasteiger partial charge in [-0.3, -0.25) is 0 Å². The van der Waals surface area contributed by atoms with E-state index in [0.717, 1.165) is 10.9 Å². The highest BCUT2D eigenvalue weighted by molar-refractivity contribution is 6.34. The molecule has 78 valence electrons. The zero-order chi connectivity index (χ0) is 11.0. The second-order valence-electron chi connectivity index (χ2n) is 3.27. The standard InChI is InChI=1S/C10H9ClN2O2/c1-6(10(14)15)13-5-3-7-8(13)2-4-12-9(7)11/h2-6H,1H3,(H,14,15). The van der Waals surface area contributed by atoms with Crippen LogP contribution in [0.5, 0.6) is 0 Å². The molecule has 2 aromatic heterocycles. The topological polar surface area (TPSA) is 55.1 Å². The lowest BCUT2D eigenvalue weighted by Crippen LogP contribution is -2.14. The first-order valence-corrected chi connectivity index (χ1v) is 4.83. The van der Waals surface area contributed by atoms with Crippen LogP contribution >= 0.6 is 11.6 Å². The molecule has 0 radical (unpaired) electrons. The number of carbonyl (C=O) groups is 1. The molecule has 0 spiro atoms. The SMILES string of the molecule is CC(C(=O)O)n1ccc2c(Cl)nccc21. The Morgan fingerprint density at radius 1 is 1.60 bits per heavy atom. The molecule has 0 fully saturated rings. The highest BCUT2D eigenvalue weighted by Gasteiger charge is 2.15. The Kier molecular flexibility index (Phi) is 2.36. The summed E-state index contributed by atoms with van der Waals surface area (Å²) in [5, 5.41) is 10.1. The maximum atomic E-state index is 10.9. The zero-order valence-electron chi connectivity index (χ0n) is 8.01. The van der Waals surface area contributed by atoms with E-state index in [9.17, 15) is 4.79 Å². The normalized spacial score (nSPS) is 12.9. The molecule has 1 N–H and O–H groups in total. The number of aromatic nitrogens is 2. The average molecular weight is 225 g/mol. The largest absolute Gasteiger partial charge is 0.480 e. The molecule has 2 heterocycles. The highest BCUT2D eigenvalue weighted by Crippen LogP contribution is 2.24. The maximum absolute atomic E-state index is 10.9. The van der Waals surface area contributed by atoms with E-state index in [1.54, 1.807) is 36.0 Å². The lowest BCUT2D eigenvalue weighted by atomic mass is 10.3. The predicted molar refractivity (Wildman–Crippen MR) is 57.1 cm³/mol. The van der Waals surface area contributed by atoms with Crippen molar-refractivity contribution in [3.05, 3.63) is 29.7 Å². The lowest BCUT2D eigenvalue weighted by molar-refractivity contribution is -0.140. The Balaban J connectivity index is 2.64. The molecule has 1 atom stereocenters. The van der Waals surface area contributed by atoms with E-state index in [1.807, 2.05) is 0 Å². The summed E-state index contributed by atoms with van der Waals surface area (Å²) >= 11 is 5.88. The van der Waals surface area contributed by atoms with Crippen molar-refractivity contribution >= 4 is 28.5 Å². The second kappa shape index (κ2) is 3.55. The minimum Gasteiger partial charge on any atom is -0.480 e. The Hall–Kier alpha value is -1.55. The Labute approximate surface area is 91.1 Å². The van der Waals surface area contributed by atoms with Crippen LogP contribution in [0.1, 0.15) is 13.0 Å². The summed E-state index contributed by atoms with van der Waals surface area (Å²) in [6, 6.07) is 2.91. The quantitative estimate of drug-likeness (QED) is 0.797. The van der Waals surface area contributed by atoms with Crippen molar-refractivity contribution in [2.75, 3.05) is 0 Å². The van der Waals surface area contributed by atoms with Gasteiger partial charge in [0, 0.05) is 17.8 Å². The molecule has 0 saturated heterocycles. The Bertz CT molecular complexity index is 521. The smallest absolute Gasteiger partial charge is 0.326 e. The van der Waals surface area contributed by atoms with E-state index in [-0.39, 0.29) is 0 Å². The third-order valence-electron chi connectivity index (χ3n) is 2.37. The summed E-state index contributed by atoms with van der Waals surface area (Å²) in [5.41, 5.74) is 0.782. The number of halogens is 1. The van der Waals surface area contributed by atoms with Gasteiger partial charge in [-0.05, 0) is 19.1 Å². The maximum Gasteiger partial charge on any atom is 0.326 e. The summed E-state index contributed by atoms with van der Waals surface area (Å²) in [7, 11) is 0. The number of pyridine rings is 1. The minimum absolute atomic E-state index is 0.392. The molecule has 0 bridgehead atoms. The van der Waals surface area contributed by atoms with Crippen LogP contribution in [-0.2, 0) is 4.79 Å². The third-order valence-corrected chi connectivity index (χ3v) is 2.67. The summed E-state index contributed by atoms with van der Waals surface area (Å²) in [4.78, 5) is 14.8. The molecular formula is C10H9ClN2O2. The van der Waals surface area contributed by atoms with Gasteiger partial charge in [0.25, 0.3) is 0 Å². The predicted octanol–water partition coefficient (Wildman–Crippen LogP) is 2.34. The van der Waals surface area contributed by atoms with Gasteiger partial charge in [0.05, 0.1) is 5.52 Å². The number of fused-ring (bicyclic) bond motifs is 1. The van der Waals surface area contributed by atoms with E-state index in [0.29, 0.717) is 5.15 Å². The van der Waals surface area contributed by atoms with Crippen molar-refractivity contribution in [3.63, 3.8) is 0 Å². The van der Waals surface area contributed by atoms with Crippen LogP contribution < -0.4 is 0 Å². The summed E-state index contributed by atoms with van der Waals surface area (Å²) < 4.78 is 1.66. The van der Waals surface area contributed by atoms with Gasteiger partial charge in [-0.25, -0.2) is 9.78 Å². The summed E-state index contributed by atoms with van der Waals surface area (Å²) in [5.74, 6) is -0.875. The molecule has 2 rings (SSSR count). The van der Waals surface area contributed by atoms with Crippen LogP contribution in [0.3, 0.4) is 0 Å². The zero-order valence-corrected chi connectivity index (χ0v) is 8.77. The molecule has 5 heteroatoms. The van der Waals surface area contributed by atoms with E-state index >= 15 is 0 Å². The van der Waals surface area contributed by atoms with Gasteiger partial charge in [0.1, 0.15) is 11.2 Å². The molecule has 4 nitrogen and oxygen atoms in total. The Morgan fingerprint density at radius 2 is 2.33 bits per heavy atom. The lowest BCUT2D eigenvalue weighted by Gasteiger charge is -2.09. The second-order valence-corrected chi connectivity index (χ2v) is 3.63. The molecule has 0 aromatic carbocycles. The van der Waals surface area contributed by atoms with E-state index < -0.39 is 12.0 Å². The van der Waals surface area contributed by atoms with Crippen LogP contribution in [0.25, 0.3) is 10.9 Å². The highest BCUT2D eigenvalue weighted by atomic mass is 35.5. The molecule has 0 aliphatic rings. The van der Waals surface area contributed by atoms with Crippen LogP contribution in [0.4, 0.5) is 0 Å². The van der Waals surface area contributed by atoms with Crippen molar-refractivity contribution in [2.24, 2.45) is 0 Å². The molecule has 0 aliphatic carbocycles. The molecule has 2 aromatic rings. The van der Waals surface area contributed by atoms with Crippen LogP contribution in [-0.4, -0.2) is 20.6 Å². The van der Waals surface area contributed by atoms with Gasteiger partial charge in [0.2, 0.25) is 0 Å². The number of hydrogen-bond donors (Lipinski definition) is 1. The van der Waals surface area contributed by atoms with E-state index in [2.05, 4.69) is 4.98 Å². The van der Waals surface area contributed by atoms with Crippen molar-refractivity contribution in [1.82, 2.24) is 9.55 Å². The Morgan fingerprint density at radius 3 is 3.00 bits per heavy atom. The number of nitrogens with zero attached hydrogens (tertiary/aromatic N) is 2. The van der Waals surface area contributed by atoms with E-state index in [1.165, 1.54) is 0 Å². The van der Waals surface area contributed by atoms with Gasteiger partial charge < -0.3 is 9.67 Å². The average Bonchev–Trinajstić information content (AvgIpc) is 2.61. The minimum atomic E-state index is -0.875. The number of rotatable bonds is 2. The van der Waals surface area contributed by atoms with Gasteiger partial charge in [-0.2, -0.15) is 0 Å². The molecule has 0 saturated carbocycles. The first kappa shape index (κ1) is 9.98. The number of carboxylic acids is 1. The molecule has 1 unspecified atom stereocenters.